The van der Waals surface area contributed by atoms with Crippen LogP contribution < -0.4 is 38.5 Å². The van der Waals surface area contributed by atoms with E-state index in [-0.39, 0.29) is 54.3 Å². The molecule has 21 heteroatoms. The number of hydrogen-bond donors (Lipinski definition) is 7. The third-order valence-electron chi connectivity index (χ3n) is 21.5. The molecule has 3 fully saturated rings. The molecule has 0 spiro atoms. The Morgan fingerprint density at radius 2 is 0.739 bits per heavy atom. The molecule has 3 heterocycles. The Labute approximate surface area is 723 Å². The molecule has 3 unspecified atom stereocenters. The minimum atomic E-state index is -0.000605. The molecule has 0 bridgehead atoms. The number of halogens is 3. The summed E-state index contributed by atoms with van der Waals surface area (Å²) in [5.74, 6) is 2.46. The number of aromatic nitrogens is 6. The van der Waals surface area contributed by atoms with Crippen LogP contribution in [0.25, 0.3) is 21.9 Å². The predicted octanol–water partition coefficient (Wildman–Crippen LogP) is 18.9. The van der Waals surface area contributed by atoms with Gasteiger partial charge in [0.2, 0.25) is 0 Å². The van der Waals surface area contributed by atoms with Crippen molar-refractivity contribution < 1.29 is 27.0 Å². The van der Waals surface area contributed by atoms with Crippen molar-refractivity contribution in [3.05, 3.63) is 360 Å². The van der Waals surface area contributed by atoms with Gasteiger partial charge in [0.15, 0.2) is 23.0 Å². The van der Waals surface area contributed by atoms with Gasteiger partial charge in [-0.3, -0.25) is 14.4 Å². The van der Waals surface area contributed by atoms with Crippen molar-refractivity contribution in [3.8, 4) is 17.1 Å². The topological polar surface area (TPSA) is 235 Å². The van der Waals surface area contributed by atoms with E-state index >= 15 is 0 Å². The zero-order chi connectivity index (χ0) is 83.5. The van der Waals surface area contributed by atoms with E-state index in [0.717, 1.165) is 113 Å². The Morgan fingerprint density at radius 1 is 0.429 bits per heavy atom. The fraction of sp³-hybridized carbons (Fsp3) is 0.316. The molecule has 3 atom stereocenters. The van der Waals surface area contributed by atoms with Crippen LogP contribution in [0.15, 0.2) is 237 Å². The standard InChI is InChI=1S/C32H35N3O.C31H30N4O.C31H34N4O.C4H13N3.3ClH.Ni/c1-4-24-10-8-13-28(19-24)35-30(17-23(3)34-35)31(36)20-26-11-7-12-27(18-26)32(33-21-25-15-16-25)29-14-6-5-9-22(29)2;1-21-8-4-5-13-28(21)31(33-20-23-14-15-23)25-10-6-9-24(17-25)18-30(36)29-16-22(2)34-35(29)27-12-7-11-26(19-27)32-3;1-21-7-3-4-12-28(21)31(33-20-23-13-14-23)26-10-5-8-24(16-26)18-30(36)29-15-22(2)34-35(29)27-11-6-9-25(17-27)19-32;5-1-3-7-4-2-6;;;;/h5-14,17-19,25,32-33H,4,15-16,20-21H2,1-3H3;4-13,16-17,19,23,31,33H,14-15,18,20H2,1-2H3;3-12,15-17,23,31,33H,13-14,18-20,32H2,1-2H3;7H,1-6H2;3*1H;/q;;;;;;;+2/p-2. The van der Waals surface area contributed by atoms with E-state index in [1.807, 2.05) is 106 Å². The number of carbonyl (C=O) groups excluding carboxylic acids is 3. The Balaban J connectivity index is 0.000000176. The van der Waals surface area contributed by atoms with Crippen LogP contribution in [0.5, 0.6) is 0 Å². The van der Waals surface area contributed by atoms with Crippen LogP contribution in [0.1, 0.15) is 190 Å². The first-order valence-electron chi connectivity index (χ1n) is 41.1. The molecule has 17 nitrogen and oxygen atoms in total. The Kier molecular flexibility index (Phi) is 35.5. The van der Waals surface area contributed by atoms with Gasteiger partial charge in [-0.2, -0.15) is 15.3 Å². The van der Waals surface area contributed by atoms with E-state index in [0.29, 0.717) is 67.9 Å². The van der Waals surface area contributed by atoms with Crippen molar-refractivity contribution in [3.63, 3.8) is 0 Å². The Hall–Kier alpha value is -9.81. The van der Waals surface area contributed by atoms with Gasteiger partial charge in [0.25, 0.3) is 0 Å². The maximum absolute atomic E-state index is 13.5. The summed E-state index contributed by atoms with van der Waals surface area (Å²) in [4.78, 5) is 44.0. The number of nitrogens with zero attached hydrogens (tertiary/aromatic N) is 7. The maximum atomic E-state index is 13.5. The molecule has 12 aromatic rings. The van der Waals surface area contributed by atoms with Crippen LogP contribution in [-0.2, 0) is 44.9 Å². The normalized spacial score (nSPS) is 13.4. The molecule has 10 N–H and O–H groups in total. The second kappa shape index (κ2) is 46.1. The Morgan fingerprint density at radius 3 is 1.06 bits per heavy atom. The van der Waals surface area contributed by atoms with Gasteiger partial charge >= 0.3 is 33.0 Å². The zero-order valence-electron chi connectivity index (χ0n) is 69.3. The summed E-state index contributed by atoms with van der Waals surface area (Å²) >= 11 is 0.569. The number of ketones is 3. The molecule has 119 heavy (non-hydrogen) atoms. The van der Waals surface area contributed by atoms with Gasteiger partial charge in [-0.1, -0.05) is 189 Å². The van der Waals surface area contributed by atoms with Crippen molar-refractivity contribution in [2.45, 2.75) is 137 Å². The van der Waals surface area contributed by atoms with E-state index in [9.17, 15) is 14.4 Å². The summed E-state index contributed by atoms with van der Waals surface area (Å²) < 4.78 is 5.20. The molecular formula is C98H113Cl3N14NiO3. The molecule has 0 aliphatic heterocycles. The first-order valence-corrected chi connectivity index (χ1v) is 43.8. The number of aryl methyl sites for hydroxylation is 7. The fourth-order valence-electron chi connectivity index (χ4n) is 14.7. The number of nitrogens with two attached hydrogens (primary N) is 3. The van der Waals surface area contributed by atoms with Crippen LogP contribution in [0, 0.1) is 65.9 Å². The summed E-state index contributed by atoms with van der Waals surface area (Å²) in [5.41, 5.74) is 39.8. The van der Waals surface area contributed by atoms with Crippen LogP contribution >= 0.6 is 32.8 Å². The fourth-order valence-corrected chi connectivity index (χ4v) is 14.7. The number of rotatable bonds is 33. The molecule has 9 aromatic carbocycles. The predicted molar refractivity (Wildman–Crippen MR) is 483 cm³/mol. The van der Waals surface area contributed by atoms with Gasteiger partial charge in [0.05, 0.1) is 58.8 Å². The molecule has 15 rings (SSSR count). The first-order chi connectivity index (χ1) is 57.4. The van der Waals surface area contributed by atoms with Crippen molar-refractivity contribution in [2.75, 3.05) is 45.8 Å². The van der Waals surface area contributed by atoms with Gasteiger partial charge in [0, 0.05) is 52.0 Å². The molecule has 624 valence electrons. The second-order valence-corrected chi connectivity index (χ2v) is 32.7. The summed E-state index contributed by atoms with van der Waals surface area (Å²) in [6.45, 7) is 28.3. The molecule has 0 amide bonds. The summed E-state index contributed by atoms with van der Waals surface area (Å²) in [7, 11) is 9.40. The van der Waals surface area contributed by atoms with Crippen LogP contribution in [0.2, 0.25) is 0 Å². The molecule has 0 saturated heterocycles. The summed E-state index contributed by atoms with van der Waals surface area (Å²) in [6, 6.07) is 80.2. The van der Waals surface area contributed by atoms with E-state index in [1.54, 1.807) is 26.2 Å². The van der Waals surface area contributed by atoms with Gasteiger partial charge < -0.3 is 38.5 Å². The average Bonchev–Trinajstić information content (AvgIpc) is 1.61. The van der Waals surface area contributed by atoms with Gasteiger partial charge in [-0.15, -0.1) is 12.4 Å². The van der Waals surface area contributed by atoms with Gasteiger partial charge in [-0.05, 0) is 256 Å². The van der Waals surface area contributed by atoms with Gasteiger partial charge in [0.1, 0.15) is 17.1 Å². The van der Waals surface area contributed by atoms with Crippen molar-refractivity contribution in [2.24, 2.45) is 35.0 Å². The number of Topliss-reactive ketones (excluding diaryl/α,β-unsaturated/α-hetero) is 3. The third-order valence-corrected chi connectivity index (χ3v) is 21.5. The van der Waals surface area contributed by atoms with E-state index in [1.165, 1.54) is 94.2 Å². The van der Waals surface area contributed by atoms with Gasteiger partial charge in [-0.25, -0.2) is 18.9 Å². The Bertz CT molecular complexity index is 5130. The van der Waals surface area contributed by atoms with Crippen LogP contribution in [0.3, 0.4) is 0 Å². The molecule has 3 aliphatic carbocycles. The molecule has 3 aliphatic rings. The minimum absolute atomic E-state index is 0. The monoisotopic (exact) mass is 1700 g/mol. The van der Waals surface area contributed by atoms with Crippen molar-refractivity contribution >= 4 is 55.8 Å². The average molecular weight is 1700 g/mol. The molecule has 0 radical (unpaired) electrons. The summed E-state index contributed by atoms with van der Waals surface area (Å²) in [6.07, 6.45) is 9.74. The molecule has 3 saturated carbocycles. The number of carbonyl (C=O) groups is 3. The van der Waals surface area contributed by atoms with Crippen LogP contribution in [-0.4, -0.2) is 92.5 Å². The quantitative estimate of drug-likeness (QED) is 0.00879. The van der Waals surface area contributed by atoms with E-state index in [2.05, 4.69) is 209 Å². The van der Waals surface area contributed by atoms with E-state index < -0.39 is 0 Å². The number of benzene rings is 9. The molecular weight excluding hydrogens is 1590 g/mol. The third kappa shape index (κ3) is 26.8. The first kappa shape index (κ1) is 91.5. The second-order valence-electron chi connectivity index (χ2n) is 31.1. The number of hydrogen-bond acceptors (Lipinski definition) is 13. The van der Waals surface area contributed by atoms with Crippen molar-refractivity contribution in [1.82, 2.24) is 50.6 Å². The SMILES string of the molecule is CCc1cccc(-n2nc(C)cc2C(=O)Cc2cccc(C(NCC3CC3)c3ccccc3C)c2)c1.Cc1cc(C(=O)Cc2cccc(C(NCC3CC3)c3ccccc3C)c2)n(-c2cccc(CN)c2)n1.Cl.NCCNCCN.[C-]#[N+]c1cccc(-n2nc(C)cc2C(=O)Cc2cccc(C(NCC3CC3)c3ccccc3C)c2)c1.[Cl][Ni][Cl]. The number of nitrogens with one attached hydrogen (secondary N) is 4. The summed E-state index contributed by atoms with van der Waals surface area (Å²) in [5, 5.41) is 28.2. The van der Waals surface area contributed by atoms with Crippen molar-refractivity contribution in [1.29, 1.82) is 0 Å². The molecule has 3 aromatic heterocycles. The van der Waals surface area contributed by atoms with E-state index in [4.69, 9.17) is 44.2 Å². The zero-order valence-corrected chi connectivity index (χ0v) is 72.6. The van der Waals surface area contributed by atoms with Crippen LogP contribution in [0.4, 0.5) is 5.69 Å².